The second-order valence-corrected chi connectivity index (χ2v) is 3.01. The molecule has 0 fully saturated rings. The van der Waals surface area contributed by atoms with E-state index in [9.17, 15) is 4.39 Å². The topological polar surface area (TPSA) is 24.7 Å². The Bertz CT molecular complexity index is 449. The summed E-state index contributed by atoms with van der Waals surface area (Å²) in [6.07, 6.45) is 0. The molecule has 15 heavy (non-hydrogen) atoms. The van der Waals surface area contributed by atoms with Gasteiger partial charge in [0.1, 0.15) is 5.82 Å². The molecular weight excluding hydrogens is 191 g/mol. The standard InChI is InChI=1S/C12H9FN2/c13-10-6-8-12(9-7-10)15-14-11-4-2-1-3-5-11/h1-9H. The van der Waals surface area contributed by atoms with Crippen molar-refractivity contribution in [2.24, 2.45) is 10.2 Å². The fourth-order valence-electron chi connectivity index (χ4n) is 1.12. The Morgan fingerprint density at radius 2 is 1.20 bits per heavy atom. The largest absolute Gasteiger partial charge is 0.207 e. The lowest BCUT2D eigenvalue weighted by molar-refractivity contribution is 0.628. The summed E-state index contributed by atoms with van der Waals surface area (Å²) in [6, 6.07) is 15.3. The molecule has 0 aliphatic heterocycles. The first kappa shape index (κ1) is 9.52. The smallest absolute Gasteiger partial charge is 0.123 e. The number of benzene rings is 2. The van der Waals surface area contributed by atoms with Crippen molar-refractivity contribution in [2.75, 3.05) is 0 Å². The van der Waals surface area contributed by atoms with Crippen molar-refractivity contribution in [3.8, 4) is 0 Å². The van der Waals surface area contributed by atoms with Gasteiger partial charge >= 0.3 is 0 Å². The van der Waals surface area contributed by atoms with Crippen LogP contribution in [0.5, 0.6) is 0 Å². The zero-order chi connectivity index (χ0) is 10.5. The molecule has 3 heteroatoms. The van der Waals surface area contributed by atoms with Crippen molar-refractivity contribution < 1.29 is 4.39 Å². The van der Waals surface area contributed by atoms with Gasteiger partial charge in [-0.3, -0.25) is 0 Å². The first-order valence-corrected chi connectivity index (χ1v) is 4.57. The molecule has 0 amide bonds. The fraction of sp³-hybridized carbons (Fsp3) is 0. The van der Waals surface area contributed by atoms with Crippen LogP contribution in [0.4, 0.5) is 15.8 Å². The SMILES string of the molecule is Fc1ccc(N=Nc2ccccc2)cc1. The highest BCUT2D eigenvalue weighted by Gasteiger charge is 1.90. The Kier molecular flexibility index (Phi) is 2.83. The monoisotopic (exact) mass is 200 g/mol. The molecule has 0 atom stereocenters. The van der Waals surface area contributed by atoms with Gasteiger partial charge in [0.2, 0.25) is 0 Å². The lowest BCUT2D eigenvalue weighted by Crippen LogP contribution is -1.69. The van der Waals surface area contributed by atoms with Gasteiger partial charge < -0.3 is 0 Å². The third-order valence-electron chi connectivity index (χ3n) is 1.86. The quantitative estimate of drug-likeness (QED) is 0.648. The maximum absolute atomic E-state index is 12.6. The van der Waals surface area contributed by atoms with Gasteiger partial charge in [-0.15, -0.1) is 0 Å². The molecule has 0 saturated carbocycles. The molecule has 0 heterocycles. The van der Waals surface area contributed by atoms with Crippen molar-refractivity contribution in [1.29, 1.82) is 0 Å². The molecule has 0 bridgehead atoms. The molecule has 2 nitrogen and oxygen atoms in total. The Labute approximate surface area is 87.1 Å². The molecule has 0 spiro atoms. The maximum Gasteiger partial charge on any atom is 0.123 e. The Hall–Kier alpha value is -2.03. The molecule has 2 aromatic rings. The van der Waals surface area contributed by atoms with Crippen LogP contribution in [0, 0.1) is 5.82 Å². The summed E-state index contributed by atoms with van der Waals surface area (Å²) in [7, 11) is 0. The zero-order valence-corrected chi connectivity index (χ0v) is 7.97. The van der Waals surface area contributed by atoms with E-state index in [1.54, 1.807) is 12.1 Å². The van der Waals surface area contributed by atoms with Gasteiger partial charge in [0.25, 0.3) is 0 Å². The van der Waals surface area contributed by atoms with Crippen molar-refractivity contribution >= 4 is 11.4 Å². The lowest BCUT2D eigenvalue weighted by atomic mass is 10.3. The molecule has 0 unspecified atom stereocenters. The molecule has 2 rings (SSSR count). The van der Waals surface area contributed by atoms with Crippen LogP contribution >= 0.6 is 0 Å². The first-order valence-electron chi connectivity index (χ1n) is 4.57. The van der Waals surface area contributed by atoms with E-state index < -0.39 is 0 Å². The third kappa shape index (κ3) is 2.71. The number of hydrogen-bond acceptors (Lipinski definition) is 2. The van der Waals surface area contributed by atoms with E-state index >= 15 is 0 Å². The summed E-state index contributed by atoms with van der Waals surface area (Å²) in [5, 5.41) is 7.98. The number of halogens is 1. The van der Waals surface area contributed by atoms with Crippen molar-refractivity contribution in [3.63, 3.8) is 0 Å². The van der Waals surface area contributed by atoms with E-state index in [1.165, 1.54) is 12.1 Å². The summed E-state index contributed by atoms with van der Waals surface area (Å²) in [6.45, 7) is 0. The number of azo groups is 1. The van der Waals surface area contributed by atoms with Gasteiger partial charge in [0, 0.05) is 0 Å². The predicted octanol–water partition coefficient (Wildman–Crippen LogP) is 4.24. The van der Waals surface area contributed by atoms with E-state index in [2.05, 4.69) is 10.2 Å². The second-order valence-electron chi connectivity index (χ2n) is 3.01. The summed E-state index contributed by atoms with van der Waals surface area (Å²) in [4.78, 5) is 0. The summed E-state index contributed by atoms with van der Waals surface area (Å²) in [5.74, 6) is -0.270. The van der Waals surface area contributed by atoms with Gasteiger partial charge in [0.15, 0.2) is 0 Å². The van der Waals surface area contributed by atoms with Gasteiger partial charge in [0.05, 0.1) is 11.4 Å². The number of nitrogens with zero attached hydrogens (tertiary/aromatic N) is 2. The van der Waals surface area contributed by atoms with E-state index in [4.69, 9.17) is 0 Å². The van der Waals surface area contributed by atoms with E-state index in [1.807, 2.05) is 30.3 Å². The lowest BCUT2D eigenvalue weighted by Gasteiger charge is -1.92. The predicted molar refractivity (Wildman–Crippen MR) is 57.0 cm³/mol. The molecule has 74 valence electrons. The molecule has 0 radical (unpaired) electrons. The maximum atomic E-state index is 12.6. The van der Waals surface area contributed by atoms with Gasteiger partial charge in [-0.1, -0.05) is 18.2 Å². The summed E-state index contributed by atoms with van der Waals surface area (Å²) in [5.41, 5.74) is 1.42. The van der Waals surface area contributed by atoms with Crippen molar-refractivity contribution in [3.05, 3.63) is 60.4 Å². The second kappa shape index (κ2) is 4.46. The van der Waals surface area contributed by atoms with Crippen LogP contribution in [0.15, 0.2) is 64.8 Å². The minimum Gasteiger partial charge on any atom is -0.207 e. The highest BCUT2D eigenvalue weighted by atomic mass is 19.1. The van der Waals surface area contributed by atoms with Crippen LogP contribution in [-0.4, -0.2) is 0 Å². The average molecular weight is 200 g/mol. The number of hydrogen-bond donors (Lipinski definition) is 0. The molecule has 0 aromatic heterocycles. The van der Waals surface area contributed by atoms with Crippen LogP contribution in [0.2, 0.25) is 0 Å². The molecular formula is C12H9FN2. The Morgan fingerprint density at radius 1 is 0.667 bits per heavy atom. The van der Waals surface area contributed by atoms with Gasteiger partial charge in [-0.25, -0.2) is 4.39 Å². The van der Waals surface area contributed by atoms with E-state index in [0.717, 1.165) is 5.69 Å². The normalized spacial score (nSPS) is 10.7. The molecule has 0 saturated heterocycles. The fourth-order valence-corrected chi connectivity index (χ4v) is 1.12. The average Bonchev–Trinajstić information content (AvgIpc) is 2.30. The number of rotatable bonds is 2. The van der Waals surface area contributed by atoms with Crippen LogP contribution in [0.3, 0.4) is 0 Å². The first-order chi connectivity index (χ1) is 7.34. The van der Waals surface area contributed by atoms with Crippen molar-refractivity contribution in [1.82, 2.24) is 0 Å². The molecule has 0 aliphatic carbocycles. The molecule has 0 aliphatic rings. The Morgan fingerprint density at radius 3 is 1.80 bits per heavy atom. The van der Waals surface area contributed by atoms with Crippen LogP contribution in [-0.2, 0) is 0 Å². The molecule has 2 aromatic carbocycles. The van der Waals surface area contributed by atoms with Crippen LogP contribution in [0.1, 0.15) is 0 Å². The molecule has 0 N–H and O–H groups in total. The highest BCUT2D eigenvalue weighted by molar-refractivity contribution is 5.39. The summed E-state index contributed by atoms with van der Waals surface area (Å²) >= 11 is 0. The van der Waals surface area contributed by atoms with Crippen molar-refractivity contribution in [2.45, 2.75) is 0 Å². The third-order valence-corrected chi connectivity index (χ3v) is 1.86. The minimum atomic E-state index is -0.270. The minimum absolute atomic E-state index is 0.270. The van der Waals surface area contributed by atoms with Crippen LogP contribution < -0.4 is 0 Å². The zero-order valence-electron chi connectivity index (χ0n) is 7.97. The van der Waals surface area contributed by atoms with E-state index in [-0.39, 0.29) is 5.82 Å². The summed E-state index contributed by atoms with van der Waals surface area (Å²) < 4.78 is 12.6. The van der Waals surface area contributed by atoms with Gasteiger partial charge in [-0.2, -0.15) is 10.2 Å². The van der Waals surface area contributed by atoms with Gasteiger partial charge in [-0.05, 0) is 36.4 Å². The van der Waals surface area contributed by atoms with E-state index in [0.29, 0.717) is 5.69 Å². The Balaban J connectivity index is 2.15. The van der Waals surface area contributed by atoms with Crippen LogP contribution in [0.25, 0.3) is 0 Å². The highest BCUT2D eigenvalue weighted by Crippen LogP contribution is 2.17.